The highest BCUT2D eigenvalue weighted by atomic mass is 16.2. The Labute approximate surface area is 127 Å². The van der Waals surface area contributed by atoms with Gasteiger partial charge < -0.3 is 10.2 Å². The lowest BCUT2D eigenvalue weighted by Gasteiger charge is -2.36. The van der Waals surface area contributed by atoms with Gasteiger partial charge >= 0.3 is 6.03 Å². The fraction of sp³-hybridized carbons (Fsp3) is 0.611. The molecule has 0 aromatic heterocycles. The average Bonchev–Trinajstić information content (AvgIpc) is 2.98. The van der Waals surface area contributed by atoms with Crippen molar-refractivity contribution >= 4 is 6.03 Å². The van der Waals surface area contributed by atoms with Gasteiger partial charge in [0.15, 0.2) is 0 Å². The number of piperidine rings is 1. The van der Waals surface area contributed by atoms with E-state index >= 15 is 0 Å². The second kappa shape index (κ2) is 6.08. The van der Waals surface area contributed by atoms with Crippen LogP contribution in [0.4, 0.5) is 4.79 Å². The van der Waals surface area contributed by atoms with Gasteiger partial charge in [0.25, 0.3) is 0 Å². The second-order valence-corrected chi connectivity index (χ2v) is 6.75. The summed E-state index contributed by atoms with van der Waals surface area (Å²) in [4.78, 5) is 14.7. The van der Waals surface area contributed by atoms with Crippen molar-refractivity contribution in [2.75, 3.05) is 13.1 Å². The Morgan fingerprint density at radius 1 is 1.14 bits per heavy atom. The highest BCUT2D eigenvalue weighted by molar-refractivity contribution is 5.75. The van der Waals surface area contributed by atoms with Crippen LogP contribution in [0.5, 0.6) is 0 Å². The number of hydrogen-bond donors (Lipinski definition) is 1. The molecule has 0 bridgehead atoms. The number of carbonyl (C=O) groups excluding carboxylic acids is 1. The first-order valence-electron chi connectivity index (χ1n) is 8.32. The van der Waals surface area contributed by atoms with E-state index in [1.165, 1.54) is 18.4 Å². The molecule has 3 rings (SSSR count). The summed E-state index contributed by atoms with van der Waals surface area (Å²) >= 11 is 0. The van der Waals surface area contributed by atoms with Crippen molar-refractivity contribution in [2.24, 2.45) is 5.92 Å². The van der Waals surface area contributed by atoms with Gasteiger partial charge in [-0.25, -0.2) is 4.79 Å². The molecule has 1 saturated heterocycles. The first-order chi connectivity index (χ1) is 10.2. The molecular weight excluding hydrogens is 260 g/mol. The fourth-order valence-electron chi connectivity index (χ4n) is 3.72. The molecule has 1 saturated carbocycles. The second-order valence-electron chi connectivity index (χ2n) is 6.75. The molecule has 3 nitrogen and oxygen atoms in total. The van der Waals surface area contributed by atoms with Gasteiger partial charge in [-0.3, -0.25) is 0 Å². The van der Waals surface area contributed by atoms with Crippen molar-refractivity contribution < 1.29 is 4.79 Å². The molecule has 2 fully saturated rings. The molecule has 0 atom stereocenters. The molecule has 1 aromatic rings. The minimum absolute atomic E-state index is 0.132. The summed E-state index contributed by atoms with van der Waals surface area (Å²) in [6.45, 7) is 4.08. The van der Waals surface area contributed by atoms with Crippen molar-refractivity contribution in [3.05, 3.63) is 35.9 Å². The lowest BCUT2D eigenvalue weighted by atomic mass is 9.88. The number of carbonyl (C=O) groups is 1. The summed E-state index contributed by atoms with van der Waals surface area (Å²) < 4.78 is 0. The SMILES string of the molecule is CC1CCN(C(=O)NC2(c3ccccc3)CCCC2)CC1. The van der Waals surface area contributed by atoms with Crippen LogP contribution in [-0.4, -0.2) is 24.0 Å². The molecule has 3 heteroatoms. The van der Waals surface area contributed by atoms with Crippen LogP contribution >= 0.6 is 0 Å². The van der Waals surface area contributed by atoms with Crippen molar-refractivity contribution in [2.45, 2.75) is 51.0 Å². The summed E-state index contributed by atoms with van der Waals surface area (Å²) in [7, 11) is 0. The van der Waals surface area contributed by atoms with E-state index < -0.39 is 0 Å². The minimum Gasteiger partial charge on any atom is -0.328 e. The zero-order chi connectivity index (χ0) is 14.7. The van der Waals surface area contributed by atoms with E-state index in [0.29, 0.717) is 0 Å². The number of amides is 2. The number of nitrogens with one attached hydrogen (secondary N) is 1. The number of nitrogens with zero attached hydrogens (tertiary/aromatic N) is 1. The molecule has 1 N–H and O–H groups in total. The number of hydrogen-bond acceptors (Lipinski definition) is 1. The molecule has 114 valence electrons. The van der Waals surface area contributed by atoms with Gasteiger partial charge in [-0.2, -0.15) is 0 Å². The van der Waals surface area contributed by atoms with Crippen LogP contribution in [-0.2, 0) is 5.54 Å². The summed E-state index contributed by atoms with van der Waals surface area (Å²) in [5.41, 5.74) is 1.13. The number of rotatable bonds is 2. The molecular formula is C18H26N2O. The lowest BCUT2D eigenvalue weighted by molar-refractivity contribution is 0.161. The third kappa shape index (κ3) is 3.07. The Morgan fingerprint density at radius 2 is 1.76 bits per heavy atom. The van der Waals surface area contributed by atoms with Gasteiger partial charge in [-0.05, 0) is 37.2 Å². The Morgan fingerprint density at radius 3 is 2.38 bits per heavy atom. The molecule has 1 aliphatic carbocycles. The summed E-state index contributed by atoms with van der Waals surface area (Å²) in [5, 5.41) is 3.38. The molecule has 0 unspecified atom stereocenters. The molecule has 0 spiro atoms. The van der Waals surface area contributed by atoms with Crippen LogP contribution in [0.2, 0.25) is 0 Å². The molecule has 2 amide bonds. The van der Waals surface area contributed by atoms with E-state index in [2.05, 4.69) is 36.5 Å². The first kappa shape index (κ1) is 14.4. The van der Waals surface area contributed by atoms with Crippen molar-refractivity contribution in [1.82, 2.24) is 10.2 Å². The van der Waals surface area contributed by atoms with E-state index in [1.54, 1.807) is 0 Å². The number of urea groups is 1. The Bertz CT molecular complexity index is 471. The molecule has 1 heterocycles. The largest absolute Gasteiger partial charge is 0.328 e. The van der Waals surface area contributed by atoms with Crippen LogP contribution in [0.1, 0.15) is 51.0 Å². The third-order valence-corrected chi connectivity index (χ3v) is 5.20. The van der Waals surface area contributed by atoms with Crippen LogP contribution in [0, 0.1) is 5.92 Å². The normalized spacial score (nSPS) is 22.2. The topological polar surface area (TPSA) is 32.3 Å². The smallest absolute Gasteiger partial charge is 0.318 e. The van der Waals surface area contributed by atoms with E-state index in [-0.39, 0.29) is 11.6 Å². The zero-order valence-electron chi connectivity index (χ0n) is 13.0. The van der Waals surface area contributed by atoms with Gasteiger partial charge in [0.05, 0.1) is 5.54 Å². The van der Waals surface area contributed by atoms with Gasteiger partial charge in [0, 0.05) is 13.1 Å². The maximum Gasteiger partial charge on any atom is 0.318 e. The van der Waals surface area contributed by atoms with Crippen LogP contribution in [0.3, 0.4) is 0 Å². The monoisotopic (exact) mass is 286 g/mol. The lowest BCUT2D eigenvalue weighted by Crippen LogP contribution is -2.51. The molecule has 2 aliphatic rings. The first-order valence-corrected chi connectivity index (χ1v) is 8.32. The zero-order valence-corrected chi connectivity index (χ0v) is 13.0. The van der Waals surface area contributed by atoms with E-state index in [9.17, 15) is 4.79 Å². The van der Waals surface area contributed by atoms with Gasteiger partial charge in [-0.1, -0.05) is 50.1 Å². The highest BCUT2D eigenvalue weighted by Gasteiger charge is 2.38. The van der Waals surface area contributed by atoms with E-state index in [0.717, 1.165) is 44.7 Å². The fourth-order valence-corrected chi connectivity index (χ4v) is 3.72. The quantitative estimate of drug-likeness (QED) is 0.878. The predicted octanol–water partition coefficient (Wildman–Crippen LogP) is 3.90. The third-order valence-electron chi connectivity index (χ3n) is 5.20. The van der Waals surface area contributed by atoms with Crippen molar-refractivity contribution in [3.8, 4) is 0 Å². The van der Waals surface area contributed by atoms with Crippen LogP contribution in [0.25, 0.3) is 0 Å². The Hall–Kier alpha value is -1.51. The Kier molecular flexibility index (Phi) is 4.18. The van der Waals surface area contributed by atoms with E-state index in [1.807, 2.05) is 11.0 Å². The summed E-state index contributed by atoms with van der Waals surface area (Å²) in [5.74, 6) is 0.753. The highest BCUT2D eigenvalue weighted by Crippen LogP contribution is 2.38. The van der Waals surface area contributed by atoms with Crippen LogP contribution < -0.4 is 5.32 Å². The standard InChI is InChI=1S/C18H26N2O/c1-15-9-13-20(14-10-15)17(21)19-18(11-5-6-12-18)16-7-3-2-4-8-16/h2-4,7-8,15H,5-6,9-14H2,1H3,(H,19,21). The molecule has 0 radical (unpaired) electrons. The summed E-state index contributed by atoms with van der Waals surface area (Å²) in [6.07, 6.45) is 6.79. The van der Waals surface area contributed by atoms with Gasteiger partial charge in [-0.15, -0.1) is 0 Å². The Balaban J connectivity index is 1.72. The number of likely N-dealkylation sites (tertiary alicyclic amines) is 1. The maximum atomic E-state index is 12.7. The molecule has 1 aromatic carbocycles. The van der Waals surface area contributed by atoms with Gasteiger partial charge in [0.1, 0.15) is 0 Å². The van der Waals surface area contributed by atoms with Crippen molar-refractivity contribution in [1.29, 1.82) is 0 Å². The average molecular weight is 286 g/mol. The summed E-state index contributed by atoms with van der Waals surface area (Å²) in [6, 6.07) is 10.6. The predicted molar refractivity (Wildman–Crippen MR) is 85.1 cm³/mol. The van der Waals surface area contributed by atoms with Gasteiger partial charge in [0.2, 0.25) is 0 Å². The van der Waals surface area contributed by atoms with Crippen LogP contribution in [0.15, 0.2) is 30.3 Å². The van der Waals surface area contributed by atoms with E-state index in [4.69, 9.17) is 0 Å². The maximum absolute atomic E-state index is 12.7. The van der Waals surface area contributed by atoms with Crippen molar-refractivity contribution in [3.63, 3.8) is 0 Å². The molecule has 1 aliphatic heterocycles. The molecule has 21 heavy (non-hydrogen) atoms. The minimum atomic E-state index is -0.137. The number of benzene rings is 1.